The zero-order valence-electron chi connectivity index (χ0n) is 15.7. The van der Waals surface area contributed by atoms with Gasteiger partial charge in [-0.05, 0) is 53.1 Å². The van der Waals surface area contributed by atoms with E-state index in [0.29, 0.717) is 17.6 Å². The molecule has 3 aromatic rings. The maximum Gasteiger partial charge on any atom is 0.346 e. The zero-order valence-corrected chi connectivity index (χ0v) is 15.7. The van der Waals surface area contributed by atoms with Gasteiger partial charge in [0.2, 0.25) is 0 Å². The second-order valence-electron chi connectivity index (χ2n) is 6.56. The Bertz CT molecular complexity index is 894. The molecule has 1 fully saturated rings. The van der Waals surface area contributed by atoms with Crippen molar-refractivity contribution in [2.45, 2.75) is 25.5 Å². The highest BCUT2D eigenvalue weighted by atomic mass is 16.5. The van der Waals surface area contributed by atoms with Gasteiger partial charge in [0.15, 0.2) is 11.5 Å². The van der Waals surface area contributed by atoms with Gasteiger partial charge in [-0.1, -0.05) is 29.4 Å². The molecule has 1 aliphatic rings. The minimum atomic E-state index is 0.272. The van der Waals surface area contributed by atoms with Crippen LogP contribution in [0.2, 0.25) is 0 Å². The van der Waals surface area contributed by atoms with Crippen molar-refractivity contribution in [1.82, 2.24) is 25.5 Å². The maximum absolute atomic E-state index is 5.93. The number of tetrazole rings is 1. The van der Waals surface area contributed by atoms with Gasteiger partial charge in [-0.2, -0.15) is 4.68 Å². The van der Waals surface area contributed by atoms with E-state index in [1.165, 1.54) is 4.68 Å². The van der Waals surface area contributed by atoms with Crippen LogP contribution in [0, 0.1) is 0 Å². The average Bonchev–Trinajstić information content (AvgIpc) is 3.42. The van der Waals surface area contributed by atoms with Crippen LogP contribution in [0.3, 0.4) is 0 Å². The van der Waals surface area contributed by atoms with E-state index in [2.05, 4.69) is 20.8 Å². The van der Waals surface area contributed by atoms with Crippen molar-refractivity contribution < 1.29 is 14.2 Å². The topological polar surface area (TPSA) is 83.3 Å². The number of hydrogen-bond acceptors (Lipinski definition) is 7. The Labute approximate surface area is 163 Å². The van der Waals surface area contributed by atoms with Crippen molar-refractivity contribution in [3.63, 3.8) is 0 Å². The monoisotopic (exact) mass is 381 g/mol. The lowest BCUT2D eigenvalue weighted by Crippen LogP contribution is -2.25. The predicted octanol–water partition coefficient (Wildman–Crippen LogP) is 2.73. The molecule has 2 heterocycles. The van der Waals surface area contributed by atoms with Crippen LogP contribution < -0.4 is 14.8 Å². The summed E-state index contributed by atoms with van der Waals surface area (Å²) in [7, 11) is 1.62. The van der Waals surface area contributed by atoms with E-state index in [1.54, 1.807) is 7.11 Å². The number of methoxy groups -OCH3 is 1. The van der Waals surface area contributed by atoms with Crippen LogP contribution in [-0.4, -0.2) is 46.6 Å². The molecule has 2 aromatic carbocycles. The van der Waals surface area contributed by atoms with E-state index in [0.717, 1.165) is 43.8 Å². The van der Waals surface area contributed by atoms with Gasteiger partial charge < -0.3 is 19.5 Å². The fourth-order valence-electron chi connectivity index (χ4n) is 3.16. The lowest BCUT2D eigenvalue weighted by molar-refractivity contribution is 0.110. The third kappa shape index (κ3) is 4.29. The molecule has 0 amide bonds. The first-order valence-corrected chi connectivity index (χ1v) is 9.34. The van der Waals surface area contributed by atoms with Crippen LogP contribution in [0.15, 0.2) is 48.5 Å². The molecule has 1 saturated heterocycles. The molecule has 0 saturated carbocycles. The third-order valence-electron chi connectivity index (χ3n) is 4.60. The molecule has 1 N–H and O–H groups in total. The quantitative estimate of drug-likeness (QED) is 0.642. The van der Waals surface area contributed by atoms with Crippen molar-refractivity contribution in [1.29, 1.82) is 0 Å². The van der Waals surface area contributed by atoms with Crippen LogP contribution in [0.1, 0.15) is 18.4 Å². The molecule has 1 aliphatic heterocycles. The number of ether oxygens (including phenoxy) is 3. The van der Waals surface area contributed by atoms with Gasteiger partial charge in [-0.15, -0.1) is 0 Å². The van der Waals surface area contributed by atoms with Gasteiger partial charge in [0.05, 0.1) is 18.9 Å². The van der Waals surface area contributed by atoms with Gasteiger partial charge in [-0.3, -0.25) is 0 Å². The molecule has 146 valence electrons. The van der Waals surface area contributed by atoms with Gasteiger partial charge >= 0.3 is 6.01 Å². The molecular weight excluding hydrogens is 358 g/mol. The van der Waals surface area contributed by atoms with Gasteiger partial charge in [0.25, 0.3) is 0 Å². The normalized spacial score (nSPS) is 16.2. The minimum Gasteiger partial charge on any atom is -0.493 e. The number of benzene rings is 2. The number of rotatable bonds is 8. The van der Waals surface area contributed by atoms with Crippen molar-refractivity contribution in [2.24, 2.45) is 0 Å². The lowest BCUT2D eigenvalue weighted by Gasteiger charge is -2.13. The number of nitrogens with one attached hydrogen (secondary N) is 1. The molecule has 8 heteroatoms. The van der Waals surface area contributed by atoms with Crippen LogP contribution in [-0.2, 0) is 11.3 Å². The molecule has 0 radical (unpaired) electrons. The van der Waals surface area contributed by atoms with Gasteiger partial charge in [-0.25, -0.2) is 0 Å². The number of hydrogen-bond donors (Lipinski definition) is 1. The van der Waals surface area contributed by atoms with Crippen LogP contribution in [0.25, 0.3) is 5.69 Å². The smallest absolute Gasteiger partial charge is 0.346 e. The molecule has 1 aromatic heterocycles. The summed E-state index contributed by atoms with van der Waals surface area (Å²) in [5.41, 5.74) is 1.92. The second-order valence-corrected chi connectivity index (χ2v) is 6.56. The largest absolute Gasteiger partial charge is 0.493 e. The summed E-state index contributed by atoms with van der Waals surface area (Å²) in [6.45, 7) is 2.46. The summed E-state index contributed by atoms with van der Waals surface area (Å²) in [5, 5.41) is 15.1. The van der Waals surface area contributed by atoms with E-state index >= 15 is 0 Å². The zero-order chi connectivity index (χ0) is 19.2. The summed E-state index contributed by atoms with van der Waals surface area (Å²) < 4.78 is 18.6. The Kier molecular flexibility index (Phi) is 5.79. The van der Waals surface area contributed by atoms with Gasteiger partial charge in [0.1, 0.15) is 0 Å². The Morgan fingerprint density at radius 2 is 2.07 bits per heavy atom. The molecule has 0 spiro atoms. The second kappa shape index (κ2) is 8.81. The third-order valence-corrected chi connectivity index (χ3v) is 4.60. The number of aromatic nitrogens is 4. The summed E-state index contributed by atoms with van der Waals surface area (Å²) in [6.07, 6.45) is 2.59. The first kappa shape index (κ1) is 18.4. The molecule has 0 bridgehead atoms. The van der Waals surface area contributed by atoms with Crippen molar-refractivity contribution in [3.05, 3.63) is 54.1 Å². The first-order valence-electron chi connectivity index (χ1n) is 9.34. The van der Waals surface area contributed by atoms with Crippen molar-refractivity contribution >= 4 is 0 Å². The van der Waals surface area contributed by atoms with Crippen LogP contribution in [0.5, 0.6) is 17.5 Å². The summed E-state index contributed by atoms with van der Waals surface area (Å²) in [4.78, 5) is 0. The van der Waals surface area contributed by atoms with E-state index in [9.17, 15) is 0 Å². The van der Waals surface area contributed by atoms with Crippen LogP contribution in [0.4, 0.5) is 0 Å². The SMILES string of the molecule is COc1cc(CNCC2CCCO2)ccc1Oc1nnnn1-c1ccccc1. The molecule has 28 heavy (non-hydrogen) atoms. The molecule has 1 atom stereocenters. The van der Waals surface area contributed by atoms with Gasteiger partial charge in [0, 0.05) is 19.7 Å². The molecular formula is C20H23N5O3. The summed E-state index contributed by atoms with van der Waals surface area (Å²) >= 11 is 0. The fraction of sp³-hybridized carbons (Fsp3) is 0.350. The number of nitrogens with zero attached hydrogens (tertiary/aromatic N) is 4. The van der Waals surface area contributed by atoms with E-state index < -0.39 is 0 Å². The Hall–Kier alpha value is -2.97. The fourth-order valence-corrected chi connectivity index (χ4v) is 3.16. The lowest BCUT2D eigenvalue weighted by atomic mass is 10.2. The molecule has 4 rings (SSSR count). The number of para-hydroxylation sites is 1. The maximum atomic E-state index is 5.93. The van der Waals surface area contributed by atoms with E-state index in [4.69, 9.17) is 14.2 Å². The summed E-state index contributed by atoms with van der Waals surface area (Å²) in [6, 6.07) is 15.7. The van der Waals surface area contributed by atoms with Crippen molar-refractivity contribution in [2.75, 3.05) is 20.3 Å². The van der Waals surface area contributed by atoms with Crippen molar-refractivity contribution in [3.8, 4) is 23.2 Å². The van der Waals surface area contributed by atoms with E-state index in [1.807, 2.05) is 48.5 Å². The van der Waals surface area contributed by atoms with Crippen LogP contribution >= 0.6 is 0 Å². The minimum absolute atomic E-state index is 0.272. The summed E-state index contributed by atoms with van der Waals surface area (Å²) in [5.74, 6) is 1.18. The predicted molar refractivity (Wildman–Crippen MR) is 103 cm³/mol. The highest BCUT2D eigenvalue weighted by molar-refractivity contribution is 5.44. The van der Waals surface area contributed by atoms with E-state index in [-0.39, 0.29) is 6.01 Å². The highest BCUT2D eigenvalue weighted by Crippen LogP contribution is 2.32. The average molecular weight is 381 g/mol. The highest BCUT2D eigenvalue weighted by Gasteiger charge is 2.16. The first-order chi connectivity index (χ1) is 13.8. The standard InChI is InChI=1S/C20H23N5O3/c1-26-19-12-15(13-21-14-17-8-5-11-27-17)9-10-18(19)28-20-22-23-24-25(20)16-6-3-2-4-7-16/h2-4,6-7,9-10,12,17,21H,5,8,11,13-14H2,1H3. The molecule has 0 aliphatic carbocycles. The Morgan fingerprint density at radius 3 is 2.86 bits per heavy atom. The Balaban J connectivity index is 1.44. The molecule has 1 unspecified atom stereocenters. The Morgan fingerprint density at radius 1 is 1.18 bits per heavy atom. The molecule has 8 nitrogen and oxygen atoms in total.